The van der Waals surface area contributed by atoms with E-state index in [-0.39, 0.29) is 5.91 Å². The molecule has 5 heteroatoms. The normalized spacial score (nSPS) is 20.6. The van der Waals surface area contributed by atoms with Crippen molar-refractivity contribution >= 4 is 17.2 Å². The van der Waals surface area contributed by atoms with Gasteiger partial charge in [-0.2, -0.15) is 0 Å². The van der Waals surface area contributed by atoms with E-state index in [1.165, 1.54) is 17.8 Å². The van der Waals surface area contributed by atoms with Crippen molar-refractivity contribution in [1.82, 2.24) is 9.88 Å². The number of amides is 1. The number of likely N-dealkylation sites (tertiary alicyclic amines) is 1. The van der Waals surface area contributed by atoms with Gasteiger partial charge in [0.25, 0.3) is 5.91 Å². The smallest absolute Gasteiger partial charge is 0.273 e. The van der Waals surface area contributed by atoms with E-state index in [4.69, 9.17) is 5.73 Å². The third-order valence-electron chi connectivity index (χ3n) is 3.07. The molecule has 0 bridgehead atoms. The highest BCUT2D eigenvalue weighted by atomic mass is 32.1. The predicted octanol–water partition coefficient (Wildman–Crippen LogP) is 1.52. The van der Waals surface area contributed by atoms with E-state index in [1.54, 1.807) is 0 Å². The summed E-state index contributed by atoms with van der Waals surface area (Å²) in [4.78, 5) is 18.5. The standard InChI is InChI=1S/C12H19N3OS/c1-9-3-2-6-15(7-9)12(16)10-8-17-11(14-10)4-5-13/h8-9H,2-7,13H2,1H3. The maximum Gasteiger partial charge on any atom is 0.273 e. The molecule has 1 unspecified atom stereocenters. The van der Waals surface area contributed by atoms with Crippen LogP contribution in [0.4, 0.5) is 0 Å². The molecule has 2 rings (SSSR count). The molecule has 1 amide bonds. The van der Waals surface area contributed by atoms with E-state index >= 15 is 0 Å². The molecule has 0 radical (unpaired) electrons. The average Bonchev–Trinajstić information content (AvgIpc) is 2.77. The highest BCUT2D eigenvalue weighted by Crippen LogP contribution is 2.19. The number of piperidine rings is 1. The number of aromatic nitrogens is 1. The minimum atomic E-state index is 0.0797. The number of nitrogens with two attached hydrogens (primary N) is 1. The van der Waals surface area contributed by atoms with Gasteiger partial charge in [0.05, 0.1) is 5.01 Å². The van der Waals surface area contributed by atoms with Gasteiger partial charge in [0.15, 0.2) is 0 Å². The molecule has 2 heterocycles. The Morgan fingerprint density at radius 3 is 3.24 bits per heavy atom. The molecule has 4 nitrogen and oxygen atoms in total. The van der Waals surface area contributed by atoms with Crippen LogP contribution in [0, 0.1) is 5.92 Å². The number of thiazole rings is 1. The van der Waals surface area contributed by atoms with Gasteiger partial charge in [-0.15, -0.1) is 11.3 Å². The maximum absolute atomic E-state index is 12.2. The summed E-state index contributed by atoms with van der Waals surface area (Å²) in [5, 5.41) is 2.81. The fraction of sp³-hybridized carbons (Fsp3) is 0.667. The quantitative estimate of drug-likeness (QED) is 0.888. The first-order valence-corrected chi connectivity index (χ1v) is 7.02. The molecule has 1 fully saturated rings. The van der Waals surface area contributed by atoms with Crippen molar-refractivity contribution < 1.29 is 4.79 Å². The van der Waals surface area contributed by atoms with Crippen LogP contribution in [-0.4, -0.2) is 35.4 Å². The Labute approximate surface area is 106 Å². The fourth-order valence-electron chi connectivity index (χ4n) is 2.18. The van der Waals surface area contributed by atoms with Crippen LogP contribution in [0.2, 0.25) is 0 Å². The Balaban J connectivity index is 2.02. The molecule has 0 spiro atoms. The van der Waals surface area contributed by atoms with E-state index in [0.29, 0.717) is 18.2 Å². The molecule has 94 valence electrons. The van der Waals surface area contributed by atoms with Crippen molar-refractivity contribution in [3.05, 3.63) is 16.1 Å². The number of carbonyl (C=O) groups excluding carboxylic acids is 1. The second-order valence-corrected chi connectivity index (χ2v) is 5.61. The van der Waals surface area contributed by atoms with Crippen LogP contribution >= 0.6 is 11.3 Å². The summed E-state index contributed by atoms with van der Waals surface area (Å²) in [6.07, 6.45) is 3.08. The number of nitrogens with zero attached hydrogens (tertiary/aromatic N) is 2. The largest absolute Gasteiger partial charge is 0.337 e. The SMILES string of the molecule is CC1CCCN(C(=O)c2csc(CCN)n2)C1. The van der Waals surface area contributed by atoms with Crippen molar-refractivity contribution in [1.29, 1.82) is 0 Å². The van der Waals surface area contributed by atoms with Crippen LogP contribution in [0.5, 0.6) is 0 Å². The Bertz CT molecular complexity index is 391. The second-order valence-electron chi connectivity index (χ2n) is 4.66. The van der Waals surface area contributed by atoms with E-state index < -0.39 is 0 Å². The van der Waals surface area contributed by atoms with Gasteiger partial charge in [0.1, 0.15) is 5.69 Å². The van der Waals surface area contributed by atoms with Gasteiger partial charge in [-0.1, -0.05) is 6.92 Å². The van der Waals surface area contributed by atoms with Crippen LogP contribution in [0.25, 0.3) is 0 Å². The van der Waals surface area contributed by atoms with Crippen LogP contribution in [0.3, 0.4) is 0 Å². The van der Waals surface area contributed by atoms with Crippen molar-refractivity contribution in [3.8, 4) is 0 Å². The molecular formula is C12H19N3OS. The summed E-state index contributed by atoms with van der Waals surface area (Å²) in [6.45, 7) is 4.51. The first kappa shape index (κ1) is 12.5. The molecule has 1 aromatic heterocycles. The van der Waals surface area contributed by atoms with Crippen molar-refractivity contribution in [2.45, 2.75) is 26.2 Å². The number of hydrogen-bond donors (Lipinski definition) is 1. The molecule has 17 heavy (non-hydrogen) atoms. The first-order chi connectivity index (χ1) is 8.20. The van der Waals surface area contributed by atoms with E-state index in [0.717, 1.165) is 30.9 Å². The number of carbonyl (C=O) groups is 1. The van der Waals surface area contributed by atoms with Crippen molar-refractivity contribution in [2.24, 2.45) is 11.7 Å². The highest BCUT2D eigenvalue weighted by molar-refractivity contribution is 7.09. The molecule has 0 aromatic carbocycles. The highest BCUT2D eigenvalue weighted by Gasteiger charge is 2.23. The third-order valence-corrected chi connectivity index (χ3v) is 3.98. The van der Waals surface area contributed by atoms with Gasteiger partial charge >= 0.3 is 0 Å². The Kier molecular flexibility index (Phi) is 4.12. The Hall–Kier alpha value is -0.940. The van der Waals surface area contributed by atoms with E-state index in [1.807, 2.05) is 10.3 Å². The molecule has 1 aliphatic rings. The lowest BCUT2D eigenvalue weighted by molar-refractivity contribution is 0.0677. The van der Waals surface area contributed by atoms with Gasteiger partial charge < -0.3 is 10.6 Å². The van der Waals surface area contributed by atoms with E-state index in [9.17, 15) is 4.79 Å². The molecule has 0 saturated carbocycles. The topological polar surface area (TPSA) is 59.2 Å². The molecule has 1 atom stereocenters. The lowest BCUT2D eigenvalue weighted by Crippen LogP contribution is -2.39. The zero-order valence-electron chi connectivity index (χ0n) is 10.2. The lowest BCUT2D eigenvalue weighted by atomic mass is 10.0. The summed E-state index contributed by atoms with van der Waals surface area (Å²) in [5.74, 6) is 0.686. The zero-order chi connectivity index (χ0) is 12.3. The molecular weight excluding hydrogens is 234 g/mol. The van der Waals surface area contributed by atoms with Gasteiger partial charge in [0.2, 0.25) is 0 Å². The Morgan fingerprint density at radius 1 is 1.71 bits per heavy atom. The lowest BCUT2D eigenvalue weighted by Gasteiger charge is -2.30. The monoisotopic (exact) mass is 253 g/mol. The van der Waals surface area contributed by atoms with Crippen LogP contribution in [0.1, 0.15) is 35.3 Å². The summed E-state index contributed by atoms with van der Waals surface area (Å²) >= 11 is 1.53. The minimum Gasteiger partial charge on any atom is -0.337 e. The zero-order valence-corrected chi connectivity index (χ0v) is 11.0. The summed E-state index contributed by atoms with van der Waals surface area (Å²) in [7, 11) is 0. The van der Waals surface area contributed by atoms with Gasteiger partial charge in [-0.3, -0.25) is 4.79 Å². The van der Waals surface area contributed by atoms with Gasteiger partial charge in [-0.05, 0) is 25.3 Å². The second kappa shape index (κ2) is 5.60. The predicted molar refractivity (Wildman–Crippen MR) is 69.2 cm³/mol. The van der Waals surface area contributed by atoms with Crippen LogP contribution < -0.4 is 5.73 Å². The average molecular weight is 253 g/mol. The summed E-state index contributed by atoms with van der Waals surface area (Å²) in [6, 6.07) is 0. The molecule has 1 aromatic rings. The minimum absolute atomic E-state index is 0.0797. The van der Waals surface area contributed by atoms with Gasteiger partial charge in [-0.25, -0.2) is 4.98 Å². The number of rotatable bonds is 3. The first-order valence-electron chi connectivity index (χ1n) is 6.14. The van der Waals surface area contributed by atoms with Crippen molar-refractivity contribution in [2.75, 3.05) is 19.6 Å². The molecule has 1 aliphatic heterocycles. The summed E-state index contributed by atoms with van der Waals surface area (Å²) < 4.78 is 0. The molecule has 0 aliphatic carbocycles. The third kappa shape index (κ3) is 3.04. The Morgan fingerprint density at radius 2 is 2.53 bits per heavy atom. The fourth-order valence-corrected chi connectivity index (χ4v) is 2.97. The van der Waals surface area contributed by atoms with E-state index in [2.05, 4.69) is 11.9 Å². The number of hydrogen-bond acceptors (Lipinski definition) is 4. The van der Waals surface area contributed by atoms with Crippen molar-refractivity contribution in [3.63, 3.8) is 0 Å². The van der Waals surface area contributed by atoms with Crippen LogP contribution in [-0.2, 0) is 6.42 Å². The maximum atomic E-state index is 12.2. The van der Waals surface area contributed by atoms with Gasteiger partial charge in [0, 0.05) is 24.9 Å². The summed E-state index contributed by atoms with van der Waals surface area (Å²) in [5.41, 5.74) is 6.07. The van der Waals surface area contributed by atoms with Crippen LogP contribution in [0.15, 0.2) is 5.38 Å². The molecule has 1 saturated heterocycles. The molecule has 2 N–H and O–H groups in total.